The van der Waals surface area contributed by atoms with Crippen LogP contribution in [0.2, 0.25) is 5.02 Å². The maximum Gasteiger partial charge on any atom is 0.117 e. The molecule has 1 atom stereocenters. The van der Waals surface area contributed by atoms with Crippen molar-refractivity contribution in [1.82, 2.24) is 5.32 Å². The van der Waals surface area contributed by atoms with E-state index in [0.29, 0.717) is 10.3 Å². The van der Waals surface area contributed by atoms with E-state index in [1.54, 1.807) is 12.1 Å². The van der Waals surface area contributed by atoms with E-state index in [9.17, 15) is 5.11 Å². The molecule has 1 saturated heterocycles. The van der Waals surface area contributed by atoms with E-state index in [-0.39, 0.29) is 22.7 Å². The van der Waals surface area contributed by atoms with E-state index in [1.807, 2.05) is 17.8 Å². The Morgan fingerprint density at radius 3 is 2.88 bits per heavy atom. The number of nitrogens with one attached hydrogen (secondary N) is 1. The molecule has 1 aliphatic rings. The molecule has 5 heteroatoms. The molecule has 0 bridgehead atoms. The van der Waals surface area contributed by atoms with Crippen LogP contribution in [0.1, 0.15) is 19.3 Å². The number of rotatable bonds is 2. The molecule has 1 heterocycles. The second kappa shape index (κ2) is 7.52. The zero-order chi connectivity index (χ0) is 11.4. The Kier molecular flexibility index (Phi) is 6.70. The van der Waals surface area contributed by atoms with Gasteiger partial charge in [-0.3, -0.25) is 0 Å². The quantitative estimate of drug-likeness (QED) is 0.859. The van der Waals surface area contributed by atoms with Crippen LogP contribution in [0, 0.1) is 0 Å². The smallest absolute Gasteiger partial charge is 0.117 e. The van der Waals surface area contributed by atoms with E-state index < -0.39 is 0 Å². The molecule has 17 heavy (non-hydrogen) atoms. The van der Waals surface area contributed by atoms with Crippen molar-refractivity contribution in [1.29, 1.82) is 0 Å². The summed E-state index contributed by atoms with van der Waals surface area (Å²) in [7, 11) is 0. The van der Waals surface area contributed by atoms with Crippen molar-refractivity contribution in [3.8, 4) is 5.75 Å². The molecule has 2 N–H and O–H groups in total. The first-order chi connectivity index (χ1) is 7.75. The molecule has 1 aromatic carbocycles. The Morgan fingerprint density at radius 2 is 2.12 bits per heavy atom. The van der Waals surface area contributed by atoms with Crippen LogP contribution in [-0.2, 0) is 0 Å². The summed E-state index contributed by atoms with van der Waals surface area (Å²) in [5, 5.41) is 14.0. The van der Waals surface area contributed by atoms with E-state index in [1.165, 1.54) is 19.3 Å². The van der Waals surface area contributed by atoms with Gasteiger partial charge < -0.3 is 10.4 Å². The fourth-order valence-corrected chi connectivity index (χ4v) is 3.38. The van der Waals surface area contributed by atoms with Crippen molar-refractivity contribution >= 4 is 40.3 Å². The molecule has 0 spiro atoms. The third-order valence-corrected chi connectivity index (χ3v) is 4.57. The predicted octanol–water partition coefficient (Wildman–Crippen LogP) is 3.86. The molecule has 0 amide bonds. The molecule has 1 aromatic rings. The highest BCUT2D eigenvalue weighted by atomic mass is 79.9. The number of thioether (sulfide) groups is 1. The maximum atomic E-state index is 9.28. The first-order valence-electron chi connectivity index (χ1n) is 5.61. The number of hydrogen-bond donors (Lipinski definition) is 2. The van der Waals surface area contributed by atoms with Gasteiger partial charge in [0.05, 0.1) is 5.02 Å². The zero-order valence-corrected chi connectivity index (χ0v) is 12.8. The van der Waals surface area contributed by atoms with Crippen LogP contribution in [0.4, 0.5) is 0 Å². The zero-order valence-electron chi connectivity index (χ0n) is 9.49. The van der Waals surface area contributed by atoms with Crippen LogP contribution >= 0.6 is 40.3 Å². The Bertz CT molecular complexity index is 356. The Hall–Kier alpha value is 0.1000. The van der Waals surface area contributed by atoms with Gasteiger partial charge in [-0.2, -0.15) is 0 Å². The summed E-state index contributed by atoms with van der Waals surface area (Å²) in [5.74, 6) is 0.233. The molecule has 2 nitrogen and oxygen atoms in total. The minimum Gasteiger partial charge on any atom is -0.508 e. The number of benzene rings is 1. The van der Waals surface area contributed by atoms with Crippen molar-refractivity contribution < 1.29 is 5.11 Å². The molecule has 0 aliphatic carbocycles. The summed E-state index contributed by atoms with van der Waals surface area (Å²) in [4.78, 5) is 1.08. The summed E-state index contributed by atoms with van der Waals surface area (Å²) >= 11 is 7.92. The lowest BCUT2D eigenvalue weighted by Crippen LogP contribution is -2.14. The van der Waals surface area contributed by atoms with Crippen molar-refractivity contribution in [2.75, 3.05) is 13.1 Å². The topological polar surface area (TPSA) is 32.3 Å². The Balaban J connectivity index is 0.00000144. The van der Waals surface area contributed by atoms with Crippen LogP contribution in [0.3, 0.4) is 0 Å². The fourth-order valence-electron chi connectivity index (χ4n) is 1.87. The summed E-state index contributed by atoms with van der Waals surface area (Å²) in [6.45, 7) is 2.22. The van der Waals surface area contributed by atoms with Crippen LogP contribution in [0.25, 0.3) is 0 Å². The minimum atomic E-state index is 0. The van der Waals surface area contributed by atoms with E-state index in [0.717, 1.165) is 18.0 Å². The third kappa shape index (κ3) is 4.70. The van der Waals surface area contributed by atoms with E-state index >= 15 is 0 Å². The van der Waals surface area contributed by atoms with Gasteiger partial charge in [0.15, 0.2) is 0 Å². The van der Waals surface area contributed by atoms with Crippen LogP contribution in [0.15, 0.2) is 23.1 Å². The Morgan fingerprint density at radius 1 is 1.29 bits per heavy atom. The minimum absolute atomic E-state index is 0. The molecule has 1 fully saturated rings. The first-order valence-corrected chi connectivity index (χ1v) is 6.87. The number of phenols is 1. The van der Waals surface area contributed by atoms with Crippen molar-refractivity contribution in [3.63, 3.8) is 0 Å². The van der Waals surface area contributed by atoms with Crippen molar-refractivity contribution in [3.05, 3.63) is 23.2 Å². The van der Waals surface area contributed by atoms with Gasteiger partial charge in [-0.25, -0.2) is 0 Å². The summed E-state index contributed by atoms with van der Waals surface area (Å²) in [5.41, 5.74) is 0. The first kappa shape index (κ1) is 15.2. The predicted molar refractivity (Wildman–Crippen MR) is 79.8 cm³/mol. The van der Waals surface area contributed by atoms with Crippen molar-refractivity contribution in [2.45, 2.75) is 29.4 Å². The van der Waals surface area contributed by atoms with Crippen LogP contribution in [-0.4, -0.2) is 23.4 Å². The van der Waals surface area contributed by atoms with Gasteiger partial charge in [0.1, 0.15) is 5.75 Å². The second-order valence-corrected chi connectivity index (χ2v) is 5.78. The largest absolute Gasteiger partial charge is 0.508 e. The molecular formula is C12H17BrClNOS. The van der Waals surface area contributed by atoms with E-state index in [2.05, 4.69) is 5.32 Å². The highest BCUT2D eigenvalue weighted by Crippen LogP contribution is 2.35. The van der Waals surface area contributed by atoms with Gasteiger partial charge in [0.2, 0.25) is 0 Å². The average Bonchev–Trinajstić information content (AvgIpc) is 2.51. The SMILES string of the molecule is Br.Oc1ccc(S[C@H]2CCCNCC2)c(Cl)c1. The maximum absolute atomic E-state index is 9.28. The lowest BCUT2D eigenvalue weighted by molar-refractivity contribution is 0.475. The molecule has 0 radical (unpaired) electrons. The van der Waals surface area contributed by atoms with Gasteiger partial charge in [-0.15, -0.1) is 28.7 Å². The van der Waals surface area contributed by atoms with Crippen LogP contribution < -0.4 is 5.32 Å². The number of halogens is 2. The van der Waals surface area contributed by atoms with Crippen LogP contribution in [0.5, 0.6) is 5.75 Å². The molecule has 0 unspecified atom stereocenters. The standard InChI is InChI=1S/C12H16ClNOS.BrH/c13-11-8-9(15)3-4-12(11)16-10-2-1-6-14-7-5-10;/h3-4,8,10,14-15H,1-2,5-7H2;1H/t10-;/m0./s1. The lowest BCUT2D eigenvalue weighted by atomic mass is 10.2. The van der Waals surface area contributed by atoms with Gasteiger partial charge in [0, 0.05) is 10.1 Å². The van der Waals surface area contributed by atoms with Gasteiger partial charge in [-0.1, -0.05) is 11.6 Å². The second-order valence-electron chi connectivity index (χ2n) is 4.04. The molecule has 1 aliphatic heterocycles. The molecule has 0 aromatic heterocycles. The fraction of sp³-hybridized carbons (Fsp3) is 0.500. The van der Waals surface area contributed by atoms with Gasteiger partial charge >= 0.3 is 0 Å². The third-order valence-electron chi connectivity index (χ3n) is 2.73. The Labute approximate surface area is 122 Å². The highest BCUT2D eigenvalue weighted by Gasteiger charge is 2.14. The van der Waals surface area contributed by atoms with Gasteiger partial charge in [-0.05, 0) is 50.6 Å². The van der Waals surface area contributed by atoms with E-state index in [4.69, 9.17) is 11.6 Å². The number of phenolic OH excluding ortho intramolecular Hbond substituents is 1. The molecule has 96 valence electrons. The molecule has 2 rings (SSSR count). The highest BCUT2D eigenvalue weighted by molar-refractivity contribution is 8.93. The molecular weight excluding hydrogens is 322 g/mol. The van der Waals surface area contributed by atoms with Gasteiger partial charge in [0.25, 0.3) is 0 Å². The number of aromatic hydroxyl groups is 1. The summed E-state index contributed by atoms with van der Waals surface area (Å²) in [6.07, 6.45) is 3.64. The summed E-state index contributed by atoms with van der Waals surface area (Å²) < 4.78 is 0. The lowest BCUT2D eigenvalue weighted by Gasteiger charge is -2.14. The summed E-state index contributed by atoms with van der Waals surface area (Å²) in [6, 6.07) is 5.21. The van der Waals surface area contributed by atoms with Crippen molar-refractivity contribution in [2.24, 2.45) is 0 Å². The number of hydrogen-bond acceptors (Lipinski definition) is 3. The molecule has 0 saturated carbocycles. The average molecular weight is 339 g/mol. The normalized spacial score (nSPS) is 20.4. The monoisotopic (exact) mass is 337 g/mol.